The van der Waals surface area contributed by atoms with Crippen molar-refractivity contribution >= 4 is 0 Å². The van der Waals surface area contributed by atoms with E-state index in [2.05, 4.69) is 42.8 Å². The van der Waals surface area contributed by atoms with Gasteiger partial charge in [0, 0.05) is 37.8 Å². The van der Waals surface area contributed by atoms with Crippen molar-refractivity contribution < 1.29 is 0 Å². The Kier molecular flexibility index (Phi) is 5.27. The van der Waals surface area contributed by atoms with Crippen molar-refractivity contribution in [3.63, 3.8) is 0 Å². The quantitative estimate of drug-likeness (QED) is 0.842. The molecule has 3 heteroatoms. The first-order valence-electron chi connectivity index (χ1n) is 8.21. The highest BCUT2D eigenvalue weighted by molar-refractivity contribution is 4.99. The van der Waals surface area contributed by atoms with Crippen LogP contribution in [0.5, 0.6) is 0 Å². The molecule has 1 atom stereocenters. The Morgan fingerprint density at radius 3 is 2.47 bits per heavy atom. The number of piperazine rings is 1. The van der Waals surface area contributed by atoms with Crippen LogP contribution in [0.3, 0.4) is 0 Å². The molecule has 2 aliphatic heterocycles. The van der Waals surface area contributed by atoms with Crippen LogP contribution in [-0.2, 0) is 0 Å². The number of likely N-dealkylation sites (tertiary alicyclic amines) is 1. The third-order valence-electron chi connectivity index (χ3n) is 5.10. The van der Waals surface area contributed by atoms with Crippen molar-refractivity contribution in [2.24, 2.45) is 5.92 Å². The molecule has 0 bridgehead atoms. The molecule has 0 radical (unpaired) electrons. The van der Waals surface area contributed by atoms with E-state index < -0.39 is 0 Å². The molecule has 0 amide bonds. The Morgan fingerprint density at radius 1 is 1.16 bits per heavy atom. The van der Waals surface area contributed by atoms with Crippen LogP contribution in [-0.4, -0.2) is 60.6 Å². The maximum absolute atomic E-state index is 3.48. The van der Waals surface area contributed by atoms with Crippen LogP contribution in [0.4, 0.5) is 0 Å². The molecule has 0 aromatic rings. The van der Waals surface area contributed by atoms with Gasteiger partial charge < -0.3 is 5.32 Å². The fraction of sp³-hybridized carbons (Fsp3) is 1.00. The normalized spacial score (nSPS) is 29.8. The Morgan fingerprint density at radius 2 is 1.84 bits per heavy atom. The average molecular weight is 267 g/mol. The lowest BCUT2D eigenvalue weighted by atomic mass is 9.83. The maximum Gasteiger partial charge on any atom is 0.0308 e. The molecule has 0 aromatic heterocycles. The molecular formula is C16H33N3. The van der Waals surface area contributed by atoms with Gasteiger partial charge >= 0.3 is 0 Å². The standard InChI is InChI=1S/C16H33N3/c1-14(2)7-11-19-10-5-6-15(16(19,3)4)18-12-8-17-9-13-18/h14-15,17H,5-13H2,1-4H3. The summed E-state index contributed by atoms with van der Waals surface area (Å²) in [6.07, 6.45) is 4.08. The minimum absolute atomic E-state index is 0.338. The molecule has 3 nitrogen and oxygen atoms in total. The lowest BCUT2D eigenvalue weighted by molar-refractivity contribution is -0.0221. The van der Waals surface area contributed by atoms with Crippen molar-refractivity contribution in [2.45, 2.75) is 58.5 Å². The van der Waals surface area contributed by atoms with E-state index in [1.165, 1.54) is 58.5 Å². The lowest BCUT2D eigenvalue weighted by Gasteiger charge is -2.53. The first-order chi connectivity index (χ1) is 9.01. The number of piperidine rings is 1. The Balaban J connectivity index is 1.98. The van der Waals surface area contributed by atoms with E-state index >= 15 is 0 Å². The van der Waals surface area contributed by atoms with E-state index in [0.29, 0.717) is 5.54 Å². The van der Waals surface area contributed by atoms with Gasteiger partial charge in [-0.25, -0.2) is 0 Å². The summed E-state index contributed by atoms with van der Waals surface area (Å²) in [6.45, 7) is 17.0. The van der Waals surface area contributed by atoms with Gasteiger partial charge in [0.1, 0.15) is 0 Å². The van der Waals surface area contributed by atoms with E-state index in [1.54, 1.807) is 0 Å². The SMILES string of the molecule is CC(C)CCN1CCCC(N2CCNCC2)C1(C)C. The largest absolute Gasteiger partial charge is 0.314 e. The molecule has 19 heavy (non-hydrogen) atoms. The second kappa shape index (κ2) is 6.55. The third kappa shape index (κ3) is 3.71. The second-order valence-electron chi connectivity index (χ2n) is 7.27. The van der Waals surface area contributed by atoms with Gasteiger partial charge in [-0.3, -0.25) is 9.80 Å². The summed E-state index contributed by atoms with van der Waals surface area (Å²) in [4.78, 5) is 5.49. The molecule has 2 saturated heterocycles. The molecule has 2 fully saturated rings. The van der Waals surface area contributed by atoms with Crippen molar-refractivity contribution in [3.05, 3.63) is 0 Å². The predicted molar refractivity (Wildman–Crippen MR) is 82.6 cm³/mol. The van der Waals surface area contributed by atoms with Crippen LogP contribution < -0.4 is 5.32 Å². The summed E-state index contributed by atoms with van der Waals surface area (Å²) in [5.74, 6) is 0.815. The van der Waals surface area contributed by atoms with Crippen LogP contribution in [0.1, 0.15) is 47.0 Å². The summed E-state index contributed by atoms with van der Waals surface area (Å²) >= 11 is 0. The zero-order valence-corrected chi connectivity index (χ0v) is 13.4. The van der Waals surface area contributed by atoms with Crippen molar-refractivity contribution in [2.75, 3.05) is 39.3 Å². The highest BCUT2D eigenvalue weighted by atomic mass is 15.3. The van der Waals surface area contributed by atoms with Gasteiger partial charge in [-0.05, 0) is 52.1 Å². The van der Waals surface area contributed by atoms with E-state index in [9.17, 15) is 0 Å². The topological polar surface area (TPSA) is 18.5 Å². The van der Waals surface area contributed by atoms with Crippen LogP contribution in [0, 0.1) is 5.92 Å². The summed E-state index contributed by atoms with van der Waals surface area (Å²) < 4.78 is 0. The van der Waals surface area contributed by atoms with Crippen LogP contribution in [0.2, 0.25) is 0 Å². The molecule has 0 aromatic carbocycles. The predicted octanol–water partition coefficient (Wildman–Crippen LogP) is 2.18. The average Bonchev–Trinajstić information content (AvgIpc) is 2.37. The molecule has 0 saturated carbocycles. The number of nitrogens with one attached hydrogen (secondary N) is 1. The molecule has 2 aliphatic rings. The monoisotopic (exact) mass is 267 g/mol. The van der Waals surface area contributed by atoms with Gasteiger partial charge in [-0.15, -0.1) is 0 Å². The summed E-state index contributed by atoms with van der Waals surface area (Å²) in [5, 5.41) is 3.48. The molecule has 0 aliphatic carbocycles. The van der Waals surface area contributed by atoms with Crippen LogP contribution in [0.25, 0.3) is 0 Å². The molecule has 2 rings (SSSR count). The van der Waals surface area contributed by atoms with Gasteiger partial charge in [0.15, 0.2) is 0 Å². The zero-order valence-electron chi connectivity index (χ0n) is 13.4. The highest BCUT2D eigenvalue weighted by Crippen LogP contribution is 2.32. The fourth-order valence-electron chi connectivity index (χ4n) is 3.76. The summed E-state index contributed by atoms with van der Waals surface area (Å²) in [6, 6.07) is 0.746. The maximum atomic E-state index is 3.48. The smallest absolute Gasteiger partial charge is 0.0308 e. The van der Waals surface area contributed by atoms with Gasteiger partial charge in [0.25, 0.3) is 0 Å². The summed E-state index contributed by atoms with van der Waals surface area (Å²) in [7, 11) is 0. The molecule has 1 unspecified atom stereocenters. The third-order valence-corrected chi connectivity index (χ3v) is 5.10. The number of rotatable bonds is 4. The second-order valence-corrected chi connectivity index (χ2v) is 7.27. The van der Waals surface area contributed by atoms with E-state index in [4.69, 9.17) is 0 Å². The summed E-state index contributed by atoms with van der Waals surface area (Å²) in [5.41, 5.74) is 0.338. The first-order valence-corrected chi connectivity index (χ1v) is 8.21. The molecule has 1 N–H and O–H groups in total. The molecule has 2 heterocycles. The highest BCUT2D eigenvalue weighted by Gasteiger charge is 2.41. The minimum atomic E-state index is 0.338. The Hall–Kier alpha value is -0.120. The number of hydrogen-bond donors (Lipinski definition) is 1. The lowest BCUT2D eigenvalue weighted by Crippen LogP contribution is -2.64. The fourth-order valence-corrected chi connectivity index (χ4v) is 3.76. The van der Waals surface area contributed by atoms with Crippen molar-refractivity contribution in [3.8, 4) is 0 Å². The Labute approximate surface area is 119 Å². The number of nitrogens with zero attached hydrogens (tertiary/aromatic N) is 2. The van der Waals surface area contributed by atoms with Gasteiger partial charge in [-0.2, -0.15) is 0 Å². The first kappa shape index (κ1) is 15.3. The van der Waals surface area contributed by atoms with Crippen LogP contribution in [0.15, 0.2) is 0 Å². The van der Waals surface area contributed by atoms with Crippen molar-refractivity contribution in [1.82, 2.24) is 15.1 Å². The van der Waals surface area contributed by atoms with Crippen LogP contribution >= 0.6 is 0 Å². The molecular weight excluding hydrogens is 234 g/mol. The minimum Gasteiger partial charge on any atom is -0.314 e. The number of hydrogen-bond acceptors (Lipinski definition) is 3. The van der Waals surface area contributed by atoms with E-state index in [0.717, 1.165) is 12.0 Å². The van der Waals surface area contributed by atoms with Gasteiger partial charge in [-0.1, -0.05) is 13.8 Å². The van der Waals surface area contributed by atoms with Gasteiger partial charge in [0.05, 0.1) is 0 Å². The van der Waals surface area contributed by atoms with E-state index in [1.807, 2.05) is 0 Å². The van der Waals surface area contributed by atoms with Gasteiger partial charge in [0.2, 0.25) is 0 Å². The Bertz CT molecular complexity index is 269. The molecule has 112 valence electrons. The zero-order chi connectivity index (χ0) is 13.9. The molecule has 0 spiro atoms. The van der Waals surface area contributed by atoms with E-state index in [-0.39, 0.29) is 0 Å². The van der Waals surface area contributed by atoms with Crippen molar-refractivity contribution in [1.29, 1.82) is 0 Å².